The summed E-state index contributed by atoms with van der Waals surface area (Å²) in [6.45, 7) is 5.10. The van der Waals surface area contributed by atoms with Crippen molar-refractivity contribution in [2.75, 3.05) is 13.1 Å². The van der Waals surface area contributed by atoms with Crippen molar-refractivity contribution in [3.8, 4) is 0 Å². The summed E-state index contributed by atoms with van der Waals surface area (Å²) in [7, 11) is 0. The molecule has 5 heteroatoms. The summed E-state index contributed by atoms with van der Waals surface area (Å²) in [6.07, 6.45) is 3.87. The zero-order valence-electron chi connectivity index (χ0n) is 18.8. The third-order valence-electron chi connectivity index (χ3n) is 5.51. The molecule has 0 aliphatic heterocycles. The van der Waals surface area contributed by atoms with Gasteiger partial charge >= 0.3 is 0 Å². The Kier molecular flexibility index (Phi) is 10.8. The van der Waals surface area contributed by atoms with Crippen LogP contribution in [0.5, 0.6) is 0 Å². The van der Waals surface area contributed by atoms with Gasteiger partial charge in [-0.2, -0.15) is 0 Å². The Balaban J connectivity index is 1.92. The number of unbranched alkanes of at least 4 members (excludes halogenated alkanes) is 2. The van der Waals surface area contributed by atoms with Gasteiger partial charge in [0.25, 0.3) is 0 Å². The van der Waals surface area contributed by atoms with Gasteiger partial charge in [0.15, 0.2) is 0 Å². The van der Waals surface area contributed by atoms with Crippen molar-refractivity contribution in [2.24, 2.45) is 11.7 Å². The van der Waals surface area contributed by atoms with Crippen LogP contribution in [0.1, 0.15) is 63.0 Å². The van der Waals surface area contributed by atoms with E-state index in [4.69, 9.17) is 5.73 Å². The summed E-state index contributed by atoms with van der Waals surface area (Å²) in [4.78, 5) is 25.1. The fourth-order valence-corrected chi connectivity index (χ4v) is 3.73. The predicted molar refractivity (Wildman–Crippen MR) is 127 cm³/mol. The molecule has 0 saturated heterocycles. The predicted octanol–water partition coefficient (Wildman–Crippen LogP) is 3.98. The third-order valence-corrected chi connectivity index (χ3v) is 5.51. The molecule has 2 aromatic carbocycles. The van der Waals surface area contributed by atoms with Crippen LogP contribution in [0.4, 0.5) is 0 Å². The molecule has 168 valence electrons. The van der Waals surface area contributed by atoms with Crippen LogP contribution in [0.3, 0.4) is 0 Å². The van der Waals surface area contributed by atoms with Crippen LogP contribution in [0, 0.1) is 5.92 Å². The summed E-state index contributed by atoms with van der Waals surface area (Å²) in [5.41, 5.74) is 7.96. The molecule has 0 aliphatic rings. The Labute approximate surface area is 186 Å². The SMILES string of the molecule is CC(C)[C@H](NC(=O)CCCCCN)C(=O)NCCC(c1ccccc1)c1ccccc1. The van der Waals surface area contributed by atoms with Gasteiger partial charge < -0.3 is 16.4 Å². The number of nitrogens with two attached hydrogens (primary N) is 1. The smallest absolute Gasteiger partial charge is 0.242 e. The van der Waals surface area contributed by atoms with Gasteiger partial charge in [0.1, 0.15) is 6.04 Å². The molecule has 31 heavy (non-hydrogen) atoms. The van der Waals surface area contributed by atoms with Crippen molar-refractivity contribution >= 4 is 11.8 Å². The fourth-order valence-electron chi connectivity index (χ4n) is 3.73. The van der Waals surface area contributed by atoms with Gasteiger partial charge in [-0.05, 0) is 42.9 Å². The number of carbonyl (C=O) groups excluding carboxylic acids is 2. The first-order chi connectivity index (χ1) is 15.0. The lowest BCUT2D eigenvalue weighted by Crippen LogP contribution is -2.50. The van der Waals surface area contributed by atoms with Gasteiger partial charge in [-0.1, -0.05) is 80.9 Å². The maximum absolute atomic E-state index is 12.8. The van der Waals surface area contributed by atoms with Crippen molar-refractivity contribution in [3.63, 3.8) is 0 Å². The minimum absolute atomic E-state index is 0.0204. The molecular formula is C26H37N3O2. The highest BCUT2D eigenvalue weighted by atomic mass is 16.2. The monoisotopic (exact) mass is 423 g/mol. The second kappa shape index (κ2) is 13.6. The number of hydrogen-bond donors (Lipinski definition) is 3. The number of hydrogen-bond acceptors (Lipinski definition) is 3. The van der Waals surface area contributed by atoms with E-state index in [2.05, 4.69) is 34.9 Å². The summed E-state index contributed by atoms with van der Waals surface area (Å²) >= 11 is 0. The highest BCUT2D eigenvalue weighted by Crippen LogP contribution is 2.27. The second-order valence-electron chi connectivity index (χ2n) is 8.34. The van der Waals surface area contributed by atoms with E-state index in [9.17, 15) is 9.59 Å². The van der Waals surface area contributed by atoms with E-state index in [0.717, 1.165) is 25.7 Å². The molecule has 0 saturated carbocycles. The molecule has 5 nitrogen and oxygen atoms in total. The maximum Gasteiger partial charge on any atom is 0.242 e. The summed E-state index contributed by atoms with van der Waals surface area (Å²) < 4.78 is 0. The lowest BCUT2D eigenvalue weighted by Gasteiger charge is -2.23. The van der Waals surface area contributed by atoms with E-state index in [1.54, 1.807) is 0 Å². The van der Waals surface area contributed by atoms with Crippen molar-refractivity contribution in [3.05, 3.63) is 71.8 Å². The molecule has 4 N–H and O–H groups in total. The van der Waals surface area contributed by atoms with E-state index in [1.165, 1.54) is 11.1 Å². The zero-order valence-corrected chi connectivity index (χ0v) is 18.8. The van der Waals surface area contributed by atoms with Gasteiger partial charge in [-0.25, -0.2) is 0 Å². The van der Waals surface area contributed by atoms with Gasteiger partial charge in [0.2, 0.25) is 11.8 Å². The molecular weight excluding hydrogens is 386 g/mol. The van der Waals surface area contributed by atoms with E-state index in [-0.39, 0.29) is 23.7 Å². The van der Waals surface area contributed by atoms with Crippen LogP contribution in [-0.4, -0.2) is 30.9 Å². The van der Waals surface area contributed by atoms with Gasteiger partial charge in [-0.15, -0.1) is 0 Å². The van der Waals surface area contributed by atoms with E-state index in [1.807, 2.05) is 50.2 Å². The highest BCUT2D eigenvalue weighted by Gasteiger charge is 2.24. The Morgan fingerprint density at radius 2 is 1.45 bits per heavy atom. The normalized spacial score (nSPS) is 12.0. The number of rotatable bonds is 13. The largest absolute Gasteiger partial charge is 0.354 e. The minimum atomic E-state index is -0.520. The molecule has 0 fully saturated rings. The first-order valence-corrected chi connectivity index (χ1v) is 11.4. The second-order valence-corrected chi connectivity index (χ2v) is 8.34. The van der Waals surface area contributed by atoms with Crippen LogP contribution >= 0.6 is 0 Å². The molecule has 0 bridgehead atoms. The Bertz CT molecular complexity index is 738. The minimum Gasteiger partial charge on any atom is -0.354 e. The first-order valence-electron chi connectivity index (χ1n) is 11.4. The molecule has 2 aromatic rings. The van der Waals surface area contributed by atoms with Crippen LogP contribution in [0.2, 0.25) is 0 Å². The molecule has 0 aliphatic carbocycles. The van der Waals surface area contributed by atoms with Crippen molar-refractivity contribution in [1.29, 1.82) is 0 Å². The van der Waals surface area contributed by atoms with E-state index in [0.29, 0.717) is 19.5 Å². The highest BCUT2D eigenvalue weighted by molar-refractivity contribution is 5.87. The lowest BCUT2D eigenvalue weighted by atomic mass is 9.88. The topological polar surface area (TPSA) is 84.2 Å². The maximum atomic E-state index is 12.8. The van der Waals surface area contributed by atoms with Crippen LogP contribution in [-0.2, 0) is 9.59 Å². The van der Waals surface area contributed by atoms with Crippen molar-refractivity contribution in [2.45, 2.75) is 57.9 Å². The number of amides is 2. The lowest BCUT2D eigenvalue weighted by molar-refractivity contribution is -0.130. The molecule has 0 radical (unpaired) electrons. The average Bonchev–Trinajstić information content (AvgIpc) is 2.79. The summed E-state index contributed by atoms with van der Waals surface area (Å²) in [6, 6.07) is 20.2. The molecule has 1 atom stereocenters. The van der Waals surface area contributed by atoms with Crippen LogP contribution in [0.25, 0.3) is 0 Å². The van der Waals surface area contributed by atoms with E-state index >= 15 is 0 Å². The van der Waals surface area contributed by atoms with Crippen LogP contribution in [0.15, 0.2) is 60.7 Å². The summed E-state index contributed by atoms with van der Waals surface area (Å²) in [5, 5.41) is 5.96. The number of carbonyl (C=O) groups is 2. The molecule has 0 spiro atoms. The third kappa shape index (κ3) is 8.54. The Hall–Kier alpha value is -2.66. The first kappa shape index (κ1) is 24.6. The molecule has 0 unspecified atom stereocenters. The molecule has 2 amide bonds. The van der Waals surface area contributed by atoms with Gasteiger partial charge in [0.05, 0.1) is 0 Å². The van der Waals surface area contributed by atoms with Crippen molar-refractivity contribution in [1.82, 2.24) is 10.6 Å². The standard InChI is InChI=1S/C26H37N3O2/c1-20(2)25(29-24(30)16-10-5-11-18-27)26(31)28-19-17-23(21-12-6-3-7-13-21)22-14-8-4-9-15-22/h3-4,6-9,12-15,20,23,25H,5,10-11,16-19,27H2,1-2H3,(H,28,31)(H,29,30)/t25-/m0/s1. The van der Waals surface area contributed by atoms with Gasteiger partial charge in [-0.3, -0.25) is 9.59 Å². The van der Waals surface area contributed by atoms with Crippen molar-refractivity contribution < 1.29 is 9.59 Å². The Morgan fingerprint density at radius 1 is 0.871 bits per heavy atom. The molecule has 2 rings (SSSR count). The number of nitrogens with one attached hydrogen (secondary N) is 2. The van der Waals surface area contributed by atoms with E-state index < -0.39 is 6.04 Å². The van der Waals surface area contributed by atoms with Gasteiger partial charge in [0, 0.05) is 18.9 Å². The van der Waals surface area contributed by atoms with Crippen LogP contribution < -0.4 is 16.4 Å². The summed E-state index contributed by atoms with van der Waals surface area (Å²) in [5.74, 6) is 0.0341. The quantitative estimate of drug-likeness (QED) is 0.426. The molecule has 0 aromatic heterocycles. The zero-order chi connectivity index (χ0) is 22.5. The average molecular weight is 424 g/mol. The molecule has 0 heterocycles. The Morgan fingerprint density at radius 3 is 1.97 bits per heavy atom. The number of benzene rings is 2. The fraction of sp³-hybridized carbons (Fsp3) is 0.462.